The molecule has 0 saturated heterocycles. The highest BCUT2D eigenvalue weighted by molar-refractivity contribution is 14.1. The van der Waals surface area contributed by atoms with Crippen molar-refractivity contribution in [2.24, 2.45) is 0 Å². The van der Waals surface area contributed by atoms with Crippen molar-refractivity contribution < 1.29 is 4.79 Å². The van der Waals surface area contributed by atoms with Crippen molar-refractivity contribution in [3.05, 3.63) is 49.2 Å². The predicted octanol–water partition coefficient (Wildman–Crippen LogP) is 4.08. The lowest BCUT2D eigenvalue weighted by Crippen LogP contribution is -2.29. The molecule has 1 amide bonds. The summed E-state index contributed by atoms with van der Waals surface area (Å²) in [5.41, 5.74) is 0.852. The third-order valence-electron chi connectivity index (χ3n) is 2.62. The second kappa shape index (κ2) is 7.40. The average Bonchev–Trinajstić information content (AvgIpc) is 2.77. The van der Waals surface area contributed by atoms with E-state index < -0.39 is 0 Å². The number of halogens is 2. The zero-order chi connectivity index (χ0) is 14.5. The summed E-state index contributed by atoms with van der Waals surface area (Å²) >= 11 is 9.64. The van der Waals surface area contributed by atoms with Crippen LogP contribution in [-0.2, 0) is 11.3 Å². The Morgan fingerprint density at radius 1 is 1.35 bits per heavy atom. The van der Waals surface area contributed by atoms with E-state index in [0.29, 0.717) is 6.54 Å². The molecule has 1 N–H and O–H groups in total. The van der Waals surface area contributed by atoms with Gasteiger partial charge in [-0.05, 0) is 53.9 Å². The number of likely N-dealkylation sites (N-methyl/N-ethyl adjacent to an activating group) is 1. The minimum Gasteiger partial charge on any atom is -0.324 e. The van der Waals surface area contributed by atoms with Crippen molar-refractivity contribution in [2.45, 2.75) is 6.54 Å². The standard InChI is InChI=1S/C14H14ClIN2OS/c1-18(8-10-6-7-13(15)20-10)9-14(19)17-12-5-3-2-4-11(12)16/h2-7H,8-9H2,1H3,(H,17,19). The average molecular weight is 421 g/mol. The minimum absolute atomic E-state index is 0.0146. The zero-order valence-corrected chi connectivity index (χ0v) is 14.6. The van der Waals surface area contributed by atoms with E-state index in [4.69, 9.17) is 11.6 Å². The Labute approximate surface area is 141 Å². The number of anilines is 1. The molecule has 1 heterocycles. The molecule has 0 spiro atoms. The van der Waals surface area contributed by atoms with Gasteiger partial charge < -0.3 is 5.32 Å². The Balaban J connectivity index is 1.86. The molecule has 1 aromatic carbocycles. The van der Waals surface area contributed by atoms with Gasteiger partial charge in [0.15, 0.2) is 0 Å². The molecular formula is C14H14ClIN2OS. The van der Waals surface area contributed by atoms with Gasteiger partial charge in [-0.25, -0.2) is 0 Å². The summed E-state index contributed by atoms with van der Waals surface area (Å²) in [4.78, 5) is 15.1. The maximum Gasteiger partial charge on any atom is 0.238 e. The monoisotopic (exact) mass is 420 g/mol. The van der Waals surface area contributed by atoms with Crippen molar-refractivity contribution >= 4 is 57.1 Å². The number of carbonyl (C=O) groups excluding carboxylic acids is 1. The van der Waals surface area contributed by atoms with Gasteiger partial charge in [0.1, 0.15) is 0 Å². The van der Waals surface area contributed by atoms with E-state index in [2.05, 4.69) is 27.9 Å². The Kier molecular flexibility index (Phi) is 5.83. The minimum atomic E-state index is -0.0146. The maximum absolute atomic E-state index is 12.0. The van der Waals surface area contributed by atoms with Gasteiger partial charge in [-0.1, -0.05) is 23.7 Å². The van der Waals surface area contributed by atoms with Gasteiger partial charge >= 0.3 is 0 Å². The number of hydrogen-bond acceptors (Lipinski definition) is 3. The van der Waals surface area contributed by atoms with Gasteiger partial charge in [-0.3, -0.25) is 9.69 Å². The first kappa shape index (κ1) is 15.8. The van der Waals surface area contributed by atoms with Crippen molar-refractivity contribution in [3.8, 4) is 0 Å². The normalized spacial score (nSPS) is 10.8. The second-order valence-electron chi connectivity index (χ2n) is 4.41. The summed E-state index contributed by atoms with van der Waals surface area (Å²) in [6.45, 7) is 1.07. The Bertz CT molecular complexity index is 602. The van der Waals surface area contributed by atoms with E-state index in [0.717, 1.165) is 25.0 Å². The van der Waals surface area contributed by atoms with Crippen molar-refractivity contribution in [2.75, 3.05) is 18.9 Å². The van der Waals surface area contributed by atoms with Crippen LogP contribution in [0.2, 0.25) is 4.34 Å². The molecule has 0 aliphatic carbocycles. The van der Waals surface area contributed by atoms with Crippen LogP contribution in [0.5, 0.6) is 0 Å². The van der Waals surface area contributed by atoms with Gasteiger partial charge in [-0.2, -0.15) is 0 Å². The number of para-hydroxylation sites is 1. The van der Waals surface area contributed by atoms with E-state index in [9.17, 15) is 4.79 Å². The molecule has 2 rings (SSSR count). The highest BCUT2D eigenvalue weighted by Crippen LogP contribution is 2.22. The van der Waals surface area contributed by atoms with Crippen molar-refractivity contribution in [1.29, 1.82) is 0 Å². The zero-order valence-electron chi connectivity index (χ0n) is 10.9. The van der Waals surface area contributed by atoms with Gasteiger partial charge in [-0.15, -0.1) is 11.3 Å². The topological polar surface area (TPSA) is 32.3 Å². The molecule has 0 atom stereocenters. The van der Waals surface area contributed by atoms with E-state index >= 15 is 0 Å². The van der Waals surface area contributed by atoms with Crippen LogP contribution in [0.25, 0.3) is 0 Å². The fourth-order valence-corrected chi connectivity index (χ4v) is 3.45. The Morgan fingerprint density at radius 2 is 2.10 bits per heavy atom. The lowest BCUT2D eigenvalue weighted by atomic mass is 10.3. The van der Waals surface area contributed by atoms with Crippen LogP contribution in [0, 0.1) is 3.57 Å². The highest BCUT2D eigenvalue weighted by Gasteiger charge is 2.09. The molecular weight excluding hydrogens is 407 g/mol. The number of nitrogens with zero attached hydrogens (tertiary/aromatic N) is 1. The van der Waals surface area contributed by atoms with Crippen LogP contribution in [0.4, 0.5) is 5.69 Å². The lowest BCUT2D eigenvalue weighted by molar-refractivity contribution is -0.117. The highest BCUT2D eigenvalue weighted by atomic mass is 127. The molecule has 0 bridgehead atoms. The van der Waals surface area contributed by atoms with Gasteiger partial charge in [0.2, 0.25) is 5.91 Å². The molecule has 0 aliphatic rings. The fourth-order valence-electron chi connectivity index (χ4n) is 1.76. The molecule has 0 saturated carbocycles. The maximum atomic E-state index is 12.0. The first-order chi connectivity index (χ1) is 9.54. The summed E-state index contributed by atoms with van der Waals surface area (Å²) in [5, 5.41) is 2.92. The molecule has 0 unspecified atom stereocenters. The van der Waals surface area contributed by atoms with E-state index in [1.807, 2.05) is 48.3 Å². The number of carbonyl (C=O) groups is 1. The first-order valence-electron chi connectivity index (χ1n) is 6.02. The van der Waals surface area contributed by atoms with Crippen LogP contribution in [0.3, 0.4) is 0 Å². The van der Waals surface area contributed by atoms with Crippen molar-refractivity contribution in [1.82, 2.24) is 4.90 Å². The Hall–Kier alpha value is -0.630. The van der Waals surface area contributed by atoms with Crippen LogP contribution >= 0.6 is 45.5 Å². The fraction of sp³-hybridized carbons (Fsp3) is 0.214. The van der Waals surface area contributed by atoms with Crippen LogP contribution < -0.4 is 5.32 Å². The first-order valence-corrected chi connectivity index (χ1v) is 8.29. The lowest BCUT2D eigenvalue weighted by Gasteiger charge is -2.15. The predicted molar refractivity (Wildman–Crippen MR) is 93.5 cm³/mol. The van der Waals surface area contributed by atoms with Crippen LogP contribution in [0.15, 0.2) is 36.4 Å². The van der Waals surface area contributed by atoms with Gasteiger partial charge in [0.05, 0.1) is 16.6 Å². The van der Waals surface area contributed by atoms with Crippen LogP contribution in [0.1, 0.15) is 4.88 Å². The van der Waals surface area contributed by atoms with Gasteiger partial charge in [0, 0.05) is 15.0 Å². The molecule has 1 aromatic heterocycles. The number of rotatable bonds is 5. The molecule has 0 aliphatic heterocycles. The van der Waals surface area contributed by atoms with E-state index in [1.165, 1.54) is 0 Å². The number of hydrogen-bond donors (Lipinski definition) is 1. The summed E-state index contributed by atoms with van der Waals surface area (Å²) in [6, 6.07) is 11.6. The number of benzene rings is 1. The molecule has 2 aromatic rings. The summed E-state index contributed by atoms with van der Waals surface area (Å²) in [7, 11) is 1.92. The largest absolute Gasteiger partial charge is 0.324 e. The Morgan fingerprint density at radius 3 is 2.75 bits per heavy atom. The SMILES string of the molecule is CN(CC(=O)Nc1ccccc1I)Cc1ccc(Cl)s1. The molecule has 0 fully saturated rings. The number of amides is 1. The third-order valence-corrected chi connectivity index (χ3v) is 4.77. The number of thiophene rings is 1. The molecule has 106 valence electrons. The third kappa shape index (κ3) is 4.73. The summed E-state index contributed by atoms with van der Waals surface area (Å²) in [5.74, 6) is -0.0146. The molecule has 6 heteroatoms. The summed E-state index contributed by atoms with van der Waals surface area (Å²) < 4.78 is 1.81. The second-order valence-corrected chi connectivity index (χ2v) is 7.37. The van der Waals surface area contributed by atoms with E-state index in [1.54, 1.807) is 11.3 Å². The van der Waals surface area contributed by atoms with Crippen molar-refractivity contribution in [3.63, 3.8) is 0 Å². The molecule has 0 radical (unpaired) electrons. The molecule has 3 nitrogen and oxygen atoms in total. The van der Waals surface area contributed by atoms with Crippen LogP contribution in [-0.4, -0.2) is 24.4 Å². The number of nitrogens with one attached hydrogen (secondary N) is 1. The quantitative estimate of drug-likeness (QED) is 0.739. The smallest absolute Gasteiger partial charge is 0.238 e. The van der Waals surface area contributed by atoms with E-state index in [-0.39, 0.29) is 5.91 Å². The molecule has 20 heavy (non-hydrogen) atoms. The van der Waals surface area contributed by atoms with Gasteiger partial charge in [0.25, 0.3) is 0 Å². The summed E-state index contributed by atoms with van der Waals surface area (Å²) in [6.07, 6.45) is 0.